The molecule has 0 aliphatic heterocycles. The minimum absolute atomic E-state index is 0.0301. The van der Waals surface area contributed by atoms with Gasteiger partial charge in [0.25, 0.3) is 0 Å². The Morgan fingerprint density at radius 3 is 2.48 bits per heavy atom. The third-order valence-corrected chi connectivity index (χ3v) is 3.77. The van der Waals surface area contributed by atoms with E-state index in [0.29, 0.717) is 0 Å². The molecule has 23 heavy (non-hydrogen) atoms. The van der Waals surface area contributed by atoms with Crippen molar-refractivity contribution in [2.24, 2.45) is 0 Å². The number of hydrogen-bond donors (Lipinski definition) is 1. The van der Waals surface area contributed by atoms with E-state index in [1.165, 1.54) is 6.08 Å². The van der Waals surface area contributed by atoms with Crippen LogP contribution in [0.3, 0.4) is 0 Å². The van der Waals surface area contributed by atoms with E-state index in [2.05, 4.69) is 15.5 Å². The number of carbonyl (C=O) groups is 1. The molecular weight excluding hydrogens is 318 g/mol. The summed E-state index contributed by atoms with van der Waals surface area (Å²) >= 11 is 0. The Morgan fingerprint density at radius 2 is 1.91 bits per heavy atom. The van der Waals surface area contributed by atoms with Crippen LogP contribution in [0.2, 0.25) is 0 Å². The van der Waals surface area contributed by atoms with Crippen molar-refractivity contribution < 1.29 is 17.6 Å². The largest absolute Gasteiger partial charge is 0.410 e. The van der Waals surface area contributed by atoms with Gasteiger partial charge in [0.1, 0.15) is 6.04 Å². The molecule has 8 heteroatoms. The van der Waals surface area contributed by atoms with Crippen LogP contribution in [0, 0.1) is 6.92 Å². The van der Waals surface area contributed by atoms with E-state index in [0.717, 1.165) is 17.4 Å². The maximum atomic E-state index is 11.9. The molecule has 1 atom stereocenters. The lowest BCUT2D eigenvalue weighted by molar-refractivity contribution is -0.117. The molecular formula is C15H17N3O4S. The fourth-order valence-corrected chi connectivity index (χ4v) is 2.14. The lowest BCUT2D eigenvalue weighted by Gasteiger charge is -2.07. The molecule has 2 rings (SSSR count). The van der Waals surface area contributed by atoms with Gasteiger partial charge in [-0.05, 0) is 25.5 Å². The predicted octanol–water partition coefficient (Wildman–Crippen LogP) is 1.67. The Kier molecular flexibility index (Phi) is 4.95. The van der Waals surface area contributed by atoms with Crippen LogP contribution in [-0.4, -0.2) is 30.8 Å². The Balaban J connectivity index is 1.99. The summed E-state index contributed by atoms with van der Waals surface area (Å²) in [6.07, 6.45) is 4.03. The summed E-state index contributed by atoms with van der Waals surface area (Å²) in [5.41, 5.74) is 2.04. The van der Waals surface area contributed by atoms with Crippen LogP contribution in [0.5, 0.6) is 0 Å². The quantitative estimate of drug-likeness (QED) is 0.834. The van der Waals surface area contributed by atoms with E-state index in [1.807, 2.05) is 31.2 Å². The molecule has 0 fully saturated rings. The topological polar surface area (TPSA) is 102 Å². The lowest BCUT2D eigenvalue weighted by Crippen LogP contribution is -2.24. The van der Waals surface area contributed by atoms with Crippen molar-refractivity contribution in [3.63, 3.8) is 0 Å². The third kappa shape index (κ3) is 4.75. The Bertz CT molecular complexity index is 823. The summed E-state index contributed by atoms with van der Waals surface area (Å²) in [5, 5.41) is 9.23. The van der Waals surface area contributed by atoms with Crippen molar-refractivity contribution >= 4 is 21.8 Å². The molecule has 1 N–H and O–H groups in total. The van der Waals surface area contributed by atoms with Crippen LogP contribution in [0.4, 0.5) is 0 Å². The molecule has 0 unspecified atom stereocenters. The van der Waals surface area contributed by atoms with Gasteiger partial charge in [-0.25, -0.2) is 8.42 Å². The van der Waals surface area contributed by atoms with E-state index < -0.39 is 21.1 Å². The molecule has 0 aliphatic carbocycles. The van der Waals surface area contributed by atoms with Crippen LogP contribution in [0.15, 0.2) is 40.0 Å². The zero-order valence-electron chi connectivity index (χ0n) is 13.0. The van der Waals surface area contributed by atoms with Crippen LogP contribution >= 0.6 is 0 Å². The minimum atomic E-state index is -3.56. The van der Waals surface area contributed by atoms with Gasteiger partial charge in [-0.2, -0.15) is 0 Å². The first-order valence-electron chi connectivity index (χ1n) is 6.84. The zero-order valence-corrected chi connectivity index (χ0v) is 13.8. The molecule has 0 aliphatic rings. The fraction of sp³-hybridized carbons (Fsp3) is 0.267. The number of nitrogens with zero attached hydrogens (tertiary/aromatic N) is 2. The molecule has 0 saturated carbocycles. The zero-order chi connectivity index (χ0) is 17.0. The van der Waals surface area contributed by atoms with Crippen molar-refractivity contribution in [3.8, 4) is 0 Å². The molecule has 0 saturated heterocycles. The van der Waals surface area contributed by atoms with E-state index in [-0.39, 0.29) is 11.8 Å². The number of amides is 1. The summed E-state index contributed by atoms with van der Waals surface area (Å²) in [5.74, 6) is -0.320. The molecule has 1 aromatic heterocycles. The van der Waals surface area contributed by atoms with Crippen molar-refractivity contribution in [1.82, 2.24) is 15.5 Å². The average Bonchev–Trinajstić information content (AvgIpc) is 2.96. The first-order chi connectivity index (χ1) is 10.8. The number of aromatic nitrogens is 2. The van der Waals surface area contributed by atoms with Gasteiger partial charge in [-0.3, -0.25) is 4.79 Å². The van der Waals surface area contributed by atoms with Crippen molar-refractivity contribution in [2.45, 2.75) is 25.1 Å². The molecule has 1 aromatic carbocycles. The molecule has 1 heterocycles. The summed E-state index contributed by atoms with van der Waals surface area (Å²) in [6, 6.07) is 7.10. The highest BCUT2D eigenvalue weighted by atomic mass is 32.2. The lowest BCUT2D eigenvalue weighted by atomic mass is 10.1. The van der Waals surface area contributed by atoms with E-state index in [4.69, 9.17) is 4.42 Å². The third-order valence-electron chi connectivity index (χ3n) is 2.97. The van der Waals surface area contributed by atoms with Crippen LogP contribution < -0.4 is 5.32 Å². The number of nitrogens with one attached hydrogen (secondary N) is 1. The molecule has 0 bridgehead atoms. The van der Waals surface area contributed by atoms with Gasteiger partial charge in [0.15, 0.2) is 0 Å². The van der Waals surface area contributed by atoms with Crippen LogP contribution in [-0.2, 0) is 14.6 Å². The first kappa shape index (κ1) is 16.9. The summed E-state index contributed by atoms with van der Waals surface area (Å²) in [6.45, 7) is 3.61. The predicted molar refractivity (Wildman–Crippen MR) is 84.2 cm³/mol. The van der Waals surface area contributed by atoms with E-state index in [1.54, 1.807) is 13.0 Å². The molecule has 0 spiro atoms. The Labute approximate surface area is 134 Å². The normalized spacial score (nSPS) is 13.2. The number of hydrogen-bond acceptors (Lipinski definition) is 6. The number of benzene rings is 1. The second-order valence-electron chi connectivity index (χ2n) is 5.15. The average molecular weight is 335 g/mol. The van der Waals surface area contributed by atoms with Gasteiger partial charge in [-0.1, -0.05) is 34.9 Å². The number of rotatable bonds is 5. The number of aryl methyl sites for hydroxylation is 1. The van der Waals surface area contributed by atoms with Gasteiger partial charge >= 0.3 is 5.22 Å². The molecule has 1 amide bonds. The monoisotopic (exact) mass is 335 g/mol. The Hall–Kier alpha value is -2.48. The van der Waals surface area contributed by atoms with Crippen molar-refractivity contribution in [2.75, 3.05) is 6.26 Å². The molecule has 122 valence electrons. The van der Waals surface area contributed by atoms with Gasteiger partial charge in [-0.15, -0.1) is 5.10 Å². The summed E-state index contributed by atoms with van der Waals surface area (Å²) < 4.78 is 27.6. The summed E-state index contributed by atoms with van der Waals surface area (Å²) in [7, 11) is -3.56. The summed E-state index contributed by atoms with van der Waals surface area (Å²) in [4.78, 5) is 11.9. The SMILES string of the molecule is Cc1ccc(/C=C/C(=O)N[C@@H](C)c2nnc(S(C)(=O)=O)o2)cc1. The van der Waals surface area contributed by atoms with E-state index in [9.17, 15) is 13.2 Å². The molecule has 0 radical (unpaired) electrons. The fourth-order valence-electron chi connectivity index (χ4n) is 1.72. The minimum Gasteiger partial charge on any atom is -0.410 e. The molecule has 7 nitrogen and oxygen atoms in total. The van der Waals surface area contributed by atoms with Gasteiger partial charge in [0.2, 0.25) is 21.6 Å². The standard InChI is InChI=1S/C15H17N3O4S/c1-10-4-6-12(7-5-10)8-9-13(19)16-11(2)14-17-18-15(22-14)23(3,20)21/h4-9,11H,1-3H3,(H,16,19)/b9-8+/t11-/m0/s1. The number of sulfone groups is 1. The van der Waals surface area contributed by atoms with E-state index >= 15 is 0 Å². The van der Waals surface area contributed by atoms with Gasteiger partial charge in [0.05, 0.1) is 0 Å². The van der Waals surface area contributed by atoms with Crippen LogP contribution in [0.25, 0.3) is 6.08 Å². The second-order valence-corrected chi connectivity index (χ2v) is 7.05. The highest BCUT2D eigenvalue weighted by Crippen LogP contribution is 2.14. The maximum absolute atomic E-state index is 11.9. The van der Waals surface area contributed by atoms with Crippen LogP contribution in [0.1, 0.15) is 30.0 Å². The van der Waals surface area contributed by atoms with Crippen molar-refractivity contribution in [3.05, 3.63) is 47.4 Å². The molecule has 2 aromatic rings. The highest BCUT2D eigenvalue weighted by Gasteiger charge is 2.20. The first-order valence-corrected chi connectivity index (χ1v) is 8.73. The second kappa shape index (κ2) is 6.74. The van der Waals surface area contributed by atoms with Gasteiger partial charge in [0, 0.05) is 12.3 Å². The Morgan fingerprint density at radius 1 is 1.26 bits per heavy atom. The maximum Gasteiger partial charge on any atom is 0.335 e. The highest BCUT2D eigenvalue weighted by molar-refractivity contribution is 7.90. The smallest absolute Gasteiger partial charge is 0.335 e. The van der Waals surface area contributed by atoms with Crippen molar-refractivity contribution in [1.29, 1.82) is 0 Å². The van der Waals surface area contributed by atoms with Gasteiger partial charge < -0.3 is 9.73 Å². The number of carbonyl (C=O) groups excluding carboxylic acids is 1.